The maximum absolute atomic E-state index is 11.8. The molecular weight excluding hydrogens is 491 g/mol. The minimum absolute atomic E-state index is 0. The molecule has 2 aromatic rings. The van der Waals surface area contributed by atoms with Gasteiger partial charge >= 0.3 is 0 Å². The van der Waals surface area contributed by atoms with Crippen LogP contribution in [0, 0.1) is 0 Å². The number of nitrogens with one attached hydrogen (secondary N) is 1. The highest BCUT2D eigenvalue weighted by Gasteiger charge is 2.19. The number of halogens is 1. The minimum atomic E-state index is 0. The van der Waals surface area contributed by atoms with Gasteiger partial charge < -0.3 is 19.9 Å². The van der Waals surface area contributed by atoms with Crippen molar-refractivity contribution in [1.29, 1.82) is 0 Å². The Hall–Kier alpha value is -2.29. The van der Waals surface area contributed by atoms with Gasteiger partial charge in [0.15, 0.2) is 5.96 Å². The Morgan fingerprint density at radius 3 is 2.30 bits per heavy atom. The van der Waals surface area contributed by atoms with Crippen LogP contribution in [-0.2, 0) is 24.4 Å². The first-order chi connectivity index (χ1) is 14.1. The number of aliphatic imine (C=N–C) groups is 1. The predicted octanol–water partition coefficient (Wildman–Crippen LogP) is 3.64. The lowest BCUT2D eigenvalue weighted by Gasteiger charge is -2.22. The zero-order valence-corrected chi connectivity index (χ0v) is 20.3. The molecule has 0 unspecified atom stereocenters. The fourth-order valence-electron chi connectivity index (χ4n) is 3.50. The predicted molar refractivity (Wildman–Crippen MR) is 131 cm³/mol. The van der Waals surface area contributed by atoms with Crippen LogP contribution in [0.1, 0.15) is 29.5 Å². The number of ether oxygens (including phenoxy) is 1. The van der Waals surface area contributed by atoms with Crippen LogP contribution in [0.2, 0.25) is 0 Å². The maximum atomic E-state index is 11.8. The van der Waals surface area contributed by atoms with Gasteiger partial charge in [-0.3, -0.25) is 9.79 Å². The van der Waals surface area contributed by atoms with E-state index in [4.69, 9.17) is 4.74 Å². The van der Waals surface area contributed by atoms with Crippen LogP contribution in [0.3, 0.4) is 0 Å². The number of amides is 1. The van der Waals surface area contributed by atoms with Gasteiger partial charge in [0.25, 0.3) is 0 Å². The molecule has 0 aromatic heterocycles. The lowest BCUT2D eigenvalue weighted by molar-refractivity contribution is -0.128. The molecule has 0 atom stereocenters. The third-order valence-electron chi connectivity index (χ3n) is 5.17. The Labute approximate surface area is 196 Å². The van der Waals surface area contributed by atoms with Gasteiger partial charge in [0.05, 0.1) is 7.11 Å². The Bertz CT molecular complexity index is 837. The number of nitrogens with zero attached hydrogens (tertiary/aromatic N) is 3. The smallest absolute Gasteiger partial charge is 0.222 e. The summed E-state index contributed by atoms with van der Waals surface area (Å²) >= 11 is 0. The molecule has 162 valence electrons. The Morgan fingerprint density at radius 1 is 1.10 bits per heavy atom. The van der Waals surface area contributed by atoms with Gasteiger partial charge in [-0.1, -0.05) is 36.4 Å². The molecule has 6 nitrogen and oxygen atoms in total. The standard InChI is InChI=1S/C23H30N4O2.HI/c1-24-23(26(2)16-19-10-12-21(29-3)13-11-19)25-15-18-6-8-20(9-7-18)17-27-14-4-5-22(27)28;/h6-13H,4-5,14-17H2,1-3H3,(H,24,25);1H. The molecule has 0 radical (unpaired) electrons. The van der Waals surface area contributed by atoms with Crippen LogP contribution < -0.4 is 10.1 Å². The van der Waals surface area contributed by atoms with Crippen molar-refractivity contribution in [2.24, 2.45) is 4.99 Å². The van der Waals surface area contributed by atoms with Crippen molar-refractivity contribution in [3.05, 3.63) is 65.2 Å². The first-order valence-electron chi connectivity index (χ1n) is 9.99. The quantitative estimate of drug-likeness (QED) is 0.343. The summed E-state index contributed by atoms with van der Waals surface area (Å²) in [5, 5.41) is 3.41. The molecule has 2 aromatic carbocycles. The van der Waals surface area contributed by atoms with Crippen molar-refractivity contribution in [3.63, 3.8) is 0 Å². The van der Waals surface area contributed by atoms with Crippen molar-refractivity contribution in [3.8, 4) is 5.75 Å². The molecule has 1 amide bonds. The van der Waals surface area contributed by atoms with Crippen LogP contribution >= 0.6 is 24.0 Å². The van der Waals surface area contributed by atoms with Crippen LogP contribution in [0.15, 0.2) is 53.5 Å². The molecule has 30 heavy (non-hydrogen) atoms. The van der Waals surface area contributed by atoms with E-state index in [9.17, 15) is 4.79 Å². The number of benzene rings is 2. The van der Waals surface area contributed by atoms with E-state index in [1.807, 2.05) is 24.1 Å². The molecule has 0 spiro atoms. The maximum Gasteiger partial charge on any atom is 0.222 e. The van der Waals surface area contributed by atoms with Crippen molar-refractivity contribution in [1.82, 2.24) is 15.1 Å². The SMILES string of the molecule is CN=C(NCc1ccc(CN2CCCC2=O)cc1)N(C)Cc1ccc(OC)cc1.I. The summed E-state index contributed by atoms with van der Waals surface area (Å²) in [6.45, 7) is 3.03. The van der Waals surface area contributed by atoms with Crippen LogP contribution in [0.5, 0.6) is 5.75 Å². The van der Waals surface area contributed by atoms with E-state index in [2.05, 4.69) is 51.6 Å². The Morgan fingerprint density at radius 2 is 1.73 bits per heavy atom. The molecule has 7 heteroatoms. The van der Waals surface area contributed by atoms with Gasteiger partial charge in [-0.25, -0.2) is 0 Å². The number of likely N-dealkylation sites (tertiary alicyclic amines) is 1. The summed E-state index contributed by atoms with van der Waals surface area (Å²) in [6, 6.07) is 16.5. The highest BCUT2D eigenvalue weighted by molar-refractivity contribution is 14.0. The fourth-order valence-corrected chi connectivity index (χ4v) is 3.50. The summed E-state index contributed by atoms with van der Waals surface area (Å²) in [7, 11) is 5.49. The van der Waals surface area contributed by atoms with Gasteiger partial charge in [0.1, 0.15) is 5.75 Å². The third kappa shape index (κ3) is 6.62. The first kappa shape index (κ1) is 24.0. The largest absolute Gasteiger partial charge is 0.497 e. The van der Waals surface area contributed by atoms with Crippen LogP contribution in [-0.4, -0.2) is 49.4 Å². The molecule has 1 fully saturated rings. The van der Waals surface area contributed by atoms with Crippen molar-refractivity contribution >= 4 is 35.8 Å². The Kier molecular flexibility index (Phi) is 9.42. The second kappa shape index (κ2) is 11.8. The number of methoxy groups -OCH3 is 1. The number of hydrogen-bond donors (Lipinski definition) is 1. The van der Waals surface area contributed by atoms with Crippen LogP contribution in [0.4, 0.5) is 0 Å². The highest BCUT2D eigenvalue weighted by Crippen LogP contribution is 2.15. The first-order valence-corrected chi connectivity index (χ1v) is 9.99. The van der Waals surface area contributed by atoms with E-state index in [-0.39, 0.29) is 29.9 Å². The normalized spacial score (nSPS) is 13.8. The van der Waals surface area contributed by atoms with Crippen molar-refractivity contribution in [2.75, 3.05) is 27.7 Å². The summed E-state index contributed by atoms with van der Waals surface area (Å²) < 4.78 is 5.21. The van der Waals surface area contributed by atoms with Crippen molar-refractivity contribution < 1.29 is 9.53 Å². The zero-order chi connectivity index (χ0) is 20.6. The average molecular weight is 522 g/mol. The third-order valence-corrected chi connectivity index (χ3v) is 5.17. The number of carbonyl (C=O) groups is 1. The lowest BCUT2D eigenvalue weighted by atomic mass is 10.1. The van der Waals surface area contributed by atoms with E-state index in [1.165, 1.54) is 16.7 Å². The number of hydrogen-bond acceptors (Lipinski definition) is 3. The van der Waals surface area contributed by atoms with Gasteiger partial charge in [-0.2, -0.15) is 0 Å². The molecule has 1 saturated heterocycles. The van der Waals surface area contributed by atoms with E-state index in [0.29, 0.717) is 19.5 Å². The fraction of sp³-hybridized carbons (Fsp3) is 0.391. The average Bonchev–Trinajstić information content (AvgIpc) is 3.14. The topological polar surface area (TPSA) is 57.2 Å². The minimum Gasteiger partial charge on any atom is -0.497 e. The van der Waals surface area contributed by atoms with Crippen LogP contribution in [0.25, 0.3) is 0 Å². The number of guanidine groups is 1. The Balaban J connectivity index is 0.00000320. The second-order valence-electron chi connectivity index (χ2n) is 7.34. The lowest BCUT2D eigenvalue weighted by Crippen LogP contribution is -2.38. The number of carbonyl (C=O) groups excluding carboxylic acids is 1. The molecule has 0 saturated carbocycles. The summed E-state index contributed by atoms with van der Waals surface area (Å²) in [6.07, 6.45) is 1.66. The monoisotopic (exact) mass is 522 g/mol. The number of rotatable bonds is 7. The van der Waals surface area contributed by atoms with Crippen molar-refractivity contribution in [2.45, 2.75) is 32.5 Å². The molecular formula is C23H31IN4O2. The summed E-state index contributed by atoms with van der Waals surface area (Å²) in [4.78, 5) is 20.2. The molecule has 1 aliphatic heterocycles. The van der Waals surface area contributed by atoms with Gasteiger partial charge in [0, 0.05) is 46.7 Å². The van der Waals surface area contributed by atoms with E-state index in [1.54, 1.807) is 14.2 Å². The van der Waals surface area contributed by atoms with E-state index < -0.39 is 0 Å². The molecule has 1 N–H and O–H groups in total. The molecule has 0 bridgehead atoms. The van der Waals surface area contributed by atoms with Gasteiger partial charge in [-0.05, 0) is 35.2 Å². The van der Waals surface area contributed by atoms with E-state index >= 15 is 0 Å². The zero-order valence-electron chi connectivity index (χ0n) is 17.9. The van der Waals surface area contributed by atoms with E-state index in [0.717, 1.165) is 31.2 Å². The molecule has 1 aliphatic rings. The summed E-state index contributed by atoms with van der Waals surface area (Å²) in [5.74, 6) is 1.96. The second-order valence-corrected chi connectivity index (χ2v) is 7.34. The highest BCUT2D eigenvalue weighted by atomic mass is 127. The summed E-state index contributed by atoms with van der Waals surface area (Å²) in [5.41, 5.74) is 3.54. The van der Waals surface area contributed by atoms with Gasteiger partial charge in [-0.15, -0.1) is 24.0 Å². The molecule has 3 rings (SSSR count). The van der Waals surface area contributed by atoms with Gasteiger partial charge in [0.2, 0.25) is 5.91 Å². The molecule has 0 aliphatic carbocycles. The molecule has 1 heterocycles.